The number of carboxylic acids is 1. The van der Waals surface area contributed by atoms with Gasteiger partial charge in [0.15, 0.2) is 0 Å². The number of likely N-dealkylation sites (tertiary alicyclic amines) is 1. The van der Waals surface area contributed by atoms with Crippen molar-refractivity contribution in [2.75, 3.05) is 6.54 Å². The SMILES string of the molecule is O=C(O)C1CC(=O)N(C(=O)c2cccs2)C1. The van der Waals surface area contributed by atoms with Crippen LogP contribution in [0.5, 0.6) is 0 Å². The van der Waals surface area contributed by atoms with Gasteiger partial charge in [-0.2, -0.15) is 0 Å². The van der Waals surface area contributed by atoms with Crippen molar-refractivity contribution in [1.29, 1.82) is 0 Å². The maximum atomic E-state index is 11.8. The molecule has 0 aromatic carbocycles. The highest BCUT2D eigenvalue weighted by atomic mass is 32.1. The molecule has 1 N–H and O–H groups in total. The van der Waals surface area contributed by atoms with E-state index in [0.717, 1.165) is 4.90 Å². The van der Waals surface area contributed by atoms with E-state index in [1.54, 1.807) is 17.5 Å². The number of hydrogen-bond donors (Lipinski definition) is 1. The number of imide groups is 1. The Morgan fingerprint density at radius 1 is 1.50 bits per heavy atom. The van der Waals surface area contributed by atoms with E-state index in [-0.39, 0.29) is 13.0 Å². The first-order chi connectivity index (χ1) is 7.59. The number of hydrogen-bond acceptors (Lipinski definition) is 4. The van der Waals surface area contributed by atoms with Gasteiger partial charge in [-0.05, 0) is 11.4 Å². The Bertz CT molecular complexity index is 440. The van der Waals surface area contributed by atoms with Crippen LogP contribution in [0.25, 0.3) is 0 Å². The predicted molar refractivity (Wildman–Crippen MR) is 56.1 cm³/mol. The maximum Gasteiger partial charge on any atom is 0.308 e. The zero-order valence-corrected chi connectivity index (χ0v) is 9.07. The number of carbonyl (C=O) groups excluding carboxylic acids is 2. The van der Waals surface area contributed by atoms with E-state index in [1.165, 1.54) is 11.3 Å². The fourth-order valence-electron chi connectivity index (χ4n) is 1.60. The number of carbonyl (C=O) groups is 3. The van der Waals surface area contributed by atoms with Crippen LogP contribution in [-0.4, -0.2) is 34.3 Å². The first kappa shape index (κ1) is 10.8. The number of carboxylic acid groups (broad SMARTS) is 1. The Kier molecular flexibility index (Phi) is 2.74. The number of aliphatic carboxylic acids is 1. The first-order valence-corrected chi connectivity index (χ1v) is 5.58. The van der Waals surface area contributed by atoms with Gasteiger partial charge in [0, 0.05) is 13.0 Å². The summed E-state index contributed by atoms with van der Waals surface area (Å²) in [5.41, 5.74) is 0. The lowest BCUT2D eigenvalue weighted by Crippen LogP contribution is -2.32. The molecule has 2 heterocycles. The van der Waals surface area contributed by atoms with Crippen molar-refractivity contribution in [1.82, 2.24) is 4.90 Å². The number of amides is 2. The van der Waals surface area contributed by atoms with E-state index in [2.05, 4.69) is 0 Å². The van der Waals surface area contributed by atoms with E-state index in [0.29, 0.717) is 4.88 Å². The van der Waals surface area contributed by atoms with Gasteiger partial charge in [-0.15, -0.1) is 11.3 Å². The summed E-state index contributed by atoms with van der Waals surface area (Å²) in [6.07, 6.45) is -0.0908. The summed E-state index contributed by atoms with van der Waals surface area (Å²) in [7, 11) is 0. The third kappa shape index (κ3) is 1.83. The van der Waals surface area contributed by atoms with Crippen molar-refractivity contribution in [2.45, 2.75) is 6.42 Å². The fraction of sp³-hybridized carbons (Fsp3) is 0.300. The van der Waals surface area contributed by atoms with E-state index in [4.69, 9.17) is 5.11 Å². The molecule has 0 saturated carbocycles. The van der Waals surface area contributed by atoms with Crippen molar-refractivity contribution in [3.8, 4) is 0 Å². The van der Waals surface area contributed by atoms with Crippen LogP contribution in [0.15, 0.2) is 17.5 Å². The highest BCUT2D eigenvalue weighted by Gasteiger charge is 2.38. The van der Waals surface area contributed by atoms with Gasteiger partial charge in [-0.3, -0.25) is 19.3 Å². The minimum absolute atomic E-state index is 0.0229. The van der Waals surface area contributed by atoms with E-state index in [9.17, 15) is 14.4 Å². The molecular weight excluding hydrogens is 230 g/mol. The van der Waals surface area contributed by atoms with Gasteiger partial charge >= 0.3 is 5.97 Å². The lowest BCUT2D eigenvalue weighted by Gasteiger charge is -2.12. The molecule has 1 unspecified atom stereocenters. The monoisotopic (exact) mass is 239 g/mol. The third-order valence-electron chi connectivity index (χ3n) is 2.45. The molecule has 1 fully saturated rings. The van der Waals surface area contributed by atoms with E-state index >= 15 is 0 Å². The van der Waals surface area contributed by atoms with Crippen molar-refractivity contribution < 1.29 is 19.5 Å². The zero-order chi connectivity index (χ0) is 11.7. The average molecular weight is 239 g/mol. The minimum atomic E-state index is -1.03. The normalized spacial score (nSPS) is 20.1. The molecule has 0 aliphatic carbocycles. The van der Waals surface area contributed by atoms with Crippen molar-refractivity contribution in [3.05, 3.63) is 22.4 Å². The highest BCUT2D eigenvalue weighted by molar-refractivity contribution is 7.12. The van der Waals surface area contributed by atoms with Gasteiger partial charge in [-0.1, -0.05) is 6.07 Å². The van der Waals surface area contributed by atoms with Crippen LogP contribution in [0, 0.1) is 5.92 Å². The second-order valence-electron chi connectivity index (χ2n) is 3.53. The summed E-state index contributed by atoms with van der Waals surface area (Å²) in [6.45, 7) is -0.0229. The summed E-state index contributed by atoms with van der Waals surface area (Å²) in [5, 5.41) is 10.5. The van der Waals surface area contributed by atoms with Crippen LogP contribution in [-0.2, 0) is 9.59 Å². The second kappa shape index (κ2) is 4.05. The van der Waals surface area contributed by atoms with Crippen LogP contribution >= 0.6 is 11.3 Å². The average Bonchev–Trinajstić information content (AvgIpc) is 2.84. The fourth-order valence-corrected chi connectivity index (χ4v) is 2.27. The third-order valence-corrected chi connectivity index (χ3v) is 3.31. The molecule has 2 amide bonds. The molecule has 0 bridgehead atoms. The van der Waals surface area contributed by atoms with Gasteiger partial charge in [0.1, 0.15) is 0 Å². The smallest absolute Gasteiger partial charge is 0.308 e. The van der Waals surface area contributed by atoms with E-state index < -0.39 is 23.7 Å². The molecule has 5 nitrogen and oxygen atoms in total. The Morgan fingerprint density at radius 2 is 2.25 bits per heavy atom. The molecule has 1 atom stereocenters. The van der Waals surface area contributed by atoms with E-state index in [1.807, 2.05) is 0 Å². The van der Waals surface area contributed by atoms with Crippen LogP contribution < -0.4 is 0 Å². The number of thiophene rings is 1. The molecule has 16 heavy (non-hydrogen) atoms. The van der Waals surface area contributed by atoms with Crippen molar-refractivity contribution in [2.24, 2.45) is 5.92 Å². The first-order valence-electron chi connectivity index (χ1n) is 4.70. The van der Waals surface area contributed by atoms with Crippen LogP contribution in [0.3, 0.4) is 0 Å². The summed E-state index contributed by atoms with van der Waals surface area (Å²) >= 11 is 1.24. The Morgan fingerprint density at radius 3 is 2.75 bits per heavy atom. The molecule has 84 valence electrons. The second-order valence-corrected chi connectivity index (χ2v) is 4.47. The lowest BCUT2D eigenvalue weighted by molar-refractivity contribution is -0.141. The summed E-state index contributed by atoms with van der Waals surface area (Å²) < 4.78 is 0. The summed E-state index contributed by atoms with van der Waals surface area (Å²) in [6, 6.07) is 3.33. The lowest BCUT2D eigenvalue weighted by atomic mass is 10.1. The van der Waals surface area contributed by atoms with Gasteiger partial charge < -0.3 is 5.11 Å². The quantitative estimate of drug-likeness (QED) is 0.775. The zero-order valence-electron chi connectivity index (χ0n) is 8.25. The number of nitrogens with zero attached hydrogens (tertiary/aromatic N) is 1. The van der Waals surface area contributed by atoms with Crippen LogP contribution in [0.1, 0.15) is 16.1 Å². The Labute approximate surface area is 95.3 Å². The van der Waals surface area contributed by atoms with Crippen LogP contribution in [0.2, 0.25) is 0 Å². The minimum Gasteiger partial charge on any atom is -0.481 e. The molecule has 1 aliphatic heterocycles. The van der Waals surface area contributed by atoms with Gasteiger partial charge in [0.25, 0.3) is 5.91 Å². The molecule has 0 spiro atoms. The molecule has 1 saturated heterocycles. The Hall–Kier alpha value is -1.69. The summed E-state index contributed by atoms with van der Waals surface area (Å²) in [5.74, 6) is -2.61. The topological polar surface area (TPSA) is 74.7 Å². The maximum absolute atomic E-state index is 11.8. The van der Waals surface area contributed by atoms with Gasteiger partial charge in [0.05, 0.1) is 10.8 Å². The molecule has 6 heteroatoms. The molecular formula is C10H9NO4S. The highest BCUT2D eigenvalue weighted by Crippen LogP contribution is 2.21. The molecule has 1 aromatic heterocycles. The van der Waals surface area contributed by atoms with Crippen molar-refractivity contribution >= 4 is 29.1 Å². The van der Waals surface area contributed by atoms with Gasteiger partial charge in [-0.25, -0.2) is 0 Å². The molecule has 2 rings (SSSR count). The Balaban J connectivity index is 2.15. The standard InChI is InChI=1S/C10H9NO4S/c12-8-4-6(10(14)15)5-11(8)9(13)7-2-1-3-16-7/h1-3,6H,4-5H2,(H,14,15). The van der Waals surface area contributed by atoms with Gasteiger partial charge in [0.2, 0.25) is 5.91 Å². The summed E-state index contributed by atoms with van der Waals surface area (Å²) in [4.78, 5) is 35.5. The molecule has 1 aliphatic rings. The largest absolute Gasteiger partial charge is 0.481 e. The predicted octanol–water partition coefficient (Wildman–Crippen LogP) is 0.821. The van der Waals surface area contributed by atoms with Crippen molar-refractivity contribution in [3.63, 3.8) is 0 Å². The molecule has 1 aromatic rings. The molecule has 0 radical (unpaired) electrons. The van der Waals surface area contributed by atoms with Crippen LogP contribution in [0.4, 0.5) is 0 Å². The number of rotatable bonds is 2.